The van der Waals surface area contributed by atoms with Gasteiger partial charge in [-0.25, -0.2) is 0 Å². The second kappa shape index (κ2) is 6.80. The molecule has 0 aliphatic rings. The summed E-state index contributed by atoms with van der Waals surface area (Å²) in [4.78, 5) is 12.0. The Balaban J connectivity index is 3.05. The second-order valence-corrected chi connectivity index (χ2v) is 4.38. The summed E-state index contributed by atoms with van der Waals surface area (Å²) in [7, 11) is 1.55. The molecule has 0 spiro atoms. The molecule has 18 heavy (non-hydrogen) atoms. The minimum atomic E-state index is -0.716. The van der Waals surface area contributed by atoms with Crippen molar-refractivity contribution in [2.45, 2.75) is 39.0 Å². The molecule has 1 aromatic carbocycles. The molecule has 0 aliphatic carbocycles. The lowest BCUT2D eigenvalue weighted by Gasteiger charge is -2.13. The maximum atomic E-state index is 12.0. The molecular formula is C15H19NO2. The highest BCUT2D eigenvalue weighted by molar-refractivity contribution is 5.89. The van der Waals surface area contributed by atoms with Gasteiger partial charge in [0.2, 0.25) is 0 Å². The Bertz CT molecular complexity index is 460. The quantitative estimate of drug-likeness (QED) is 0.772. The largest absolute Gasteiger partial charge is 0.496 e. The number of carbonyl (C=O) groups is 1. The van der Waals surface area contributed by atoms with E-state index in [1.54, 1.807) is 7.11 Å². The van der Waals surface area contributed by atoms with Crippen molar-refractivity contribution in [1.82, 2.24) is 0 Å². The number of ether oxygens (including phenoxy) is 1. The van der Waals surface area contributed by atoms with Crippen LogP contribution in [0.25, 0.3) is 0 Å². The van der Waals surface area contributed by atoms with E-state index in [1.165, 1.54) is 0 Å². The zero-order chi connectivity index (χ0) is 13.5. The number of benzene rings is 1. The highest BCUT2D eigenvalue weighted by atomic mass is 16.5. The SMILES string of the molecule is CCCCC(=O)C(C#N)c1cc(C)ccc1OC. The van der Waals surface area contributed by atoms with Crippen molar-refractivity contribution in [3.05, 3.63) is 29.3 Å². The van der Waals surface area contributed by atoms with E-state index in [4.69, 9.17) is 4.74 Å². The first-order chi connectivity index (χ1) is 8.63. The van der Waals surface area contributed by atoms with Crippen molar-refractivity contribution >= 4 is 5.78 Å². The molecule has 1 unspecified atom stereocenters. The van der Waals surface area contributed by atoms with Crippen LogP contribution in [0.3, 0.4) is 0 Å². The summed E-state index contributed by atoms with van der Waals surface area (Å²) in [5, 5.41) is 9.23. The fraction of sp³-hybridized carbons (Fsp3) is 0.467. The zero-order valence-electron chi connectivity index (χ0n) is 11.2. The third-order valence-electron chi connectivity index (χ3n) is 2.92. The molecule has 3 heteroatoms. The summed E-state index contributed by atoms with van der Waals surface area (Å²) >= 11 is 0. The molecule has 0 amide bonds. The number of carbonyl (C=O) groups excluding carboxylic acids is 1. The van der Waals surface area contributed by atoms with E-state index >= 15 is 0 Å². The van der Waals surface area contributed by atoms with Gasteiger partial charge < -0.3 is 4.74 Å². The molecule has 0 fully saturated rings. The summed E-state index contributed by atoms with van der Waals surface area (Å²) in [6.07, 6.45) is 2.23. The third kappa shape index (κ3) is 3.33. The number of nitrogens with zero attached hydrogens (tertiary/aromatic N) is 1. The Kier molecular flexibility index (Phi) is 5.38. The Hall–Kier alpha value is -1.82. The number of ketones is 1. The van der Waals surface area contributed by atoms with E-state index in [0.717, 1.165) is 18.4 Å². The number of aryl methyl sites for hydroxylation is 1. The van der Waals surface area contributed by atoms with E-state index in [9.17, 15) is 10.1 Å². The van der Waals surface area contributed by atoms with Gasteiger partial charge in [0.1, 0.15) is 11.7 Å². The van der Waals surface area contributed by atoms with Crippen LogP contribution >= 0.6 is 0 Å². The molecule has 0 saturated carbocycles. The Labute approximate surface area is 108 Å². The van der Waals surface area contributed by atoms with Gasteiger partial charge in [0.25, 0.3) is 0 Å². The van der Waals surface area contributed by atoms with Crippen LogP contribution in [0.2, 0.25) is 0 Å². The number of nitriles is 1. The molecule has 1 atom stereocenters. The van der Waals surface area contributed by atoms with Crippen molar-refractivity contribution in [3.63, 3.8) is 0 Å². The normalized spacial score (nSPS) is 11.7. The summed E-state index contributed by atoms with van der Waals surface area (Å²) in [5.74, 6) is -0.133. The molecule has 0 aromatic heterocycles. The van der Waals surface area contributed by atoms with Gasteiger partial charge in [0.05, 0.1) is 13.2 Å². The minimum Gasteiger partial charge on any atom is -0.496 e. The van der Waals surface area contributed by atoms with Gasteiger partial charge >= 0.3 is 0 Å². The van der Waals surface area contributed by atoms with Gasteiger partial charge in [-0.1, -0.05) is 31.0 Å². The molecule has 0 bridgehead atoms. The standard InChI is InChI=1S/C15H19NO2/c1-4-5-6-14(17)13(10-16)12-9-11(2)7-8-15(12)18-3/h7-9,13H,4-6H2,1-3H3. The van der Waals surface area contributed by atoms with E-state index < -0.39 is 5.92 Å². The maximum Gasteiger partial charge on any atom is 0.154 e. The van der Waals surface area contributed by atoms with Crippen molar-refractivity contribution in [2.24, 2.45) is 0 Å². The average Bonchev–Trinajstić information content (AvgIpc) is 2.37. The smallest absolute Gasteiger partial charge is 0.154 e. The van der Waals surface area contributed by atoms with Crippen LogP contribution in [0.1, 0.15) is 43.2 Å². The molecule has 1 aromatic rings. The summed E-state index contributed by atoms with van der Waals surface area (Å²) in [6.45, 7) is 3.97. The third-order valence-corrected chi connectivity index (χ3v) is 2.92. The number of hydrogen-bond donors (Lipinski definition) is 0. The molecule has 0 N–H and O–H groups in total. The molecular weight excluding hydrogens is 226 g/mol. The highest BCUT2D eigenvalue weighted by Gasteiger charge is 2.23. The predicted octanol–water partition coefficient (Wildman–Crippen LogP) is 3.37. The van der Waals surface area contributed by atoms with E-state index in [0.29, 0.717) is 17.7 Å². The van der Waals surface area contributed by atoms with Gasteiger partial charge in [-0.15, -0.1) is 0 Å². The van der Waals surface area contributed by atoms with Crippen LogP contribution in [0, 0.1) is 18.3 Å². The highest BCUT2D eigenvalue weighted by Crippen LogP contribution is 2.29. The van der Waals surface area contributed by atoms with Crippen molar-refractivity contribution in [3.8, 4) is 11.8 Å². The van der Waals surface area contributed by atoms with E-state index in [-0.39, 0.29) is 5.78 Å². The molecule has 1 rings (SSSR count). The van der Waals surface area contributed by atoms with Crippen LogP contribution in [0.4, 0.5) is 0 Å². The fourth-order valence-corrected chi connectivity index (χ4v) is 1.89. The molecule has 0 heterocycles. The predicted molar refractivity (Wildman–Crippen MR) is 70.6 cm³/mol. The van der Waals surface area contributed by atoms with Crippen LogP contribution < -0.4 is 4.74 Å². The number of unbranched alkanes of at least 4 members (excludes halogenated alkanes) is 1. The summed E-state index contributed by atoms with van der Waals surface area (Å²) in [6, 6.07) is 7.67. The number of Topliss-reactive ketones (excluding diaryl/α,β-unsaturated/α-hetero) is 1. The number of methoxy groups -OCH3 is 1. The Morgan fingerprint density at radius 3 is 2.78 bits per heavy atom. The van der Waals surface area contributed by atoms with Crippen molar-refractivity contribution in [1.29, 1.82) is 5.26 Å². The lowest BCUT2D eigenvalue weighted by Crippen LogP contribution is -2.12. The first-order valence-corrected chi connectivity index (χ1v) is 6.20. The van der Waals surface area contributed by atoms with E-state index in [2.05, 4.69) is 6.07 Å². The summed E-state index contributed by atoms with van der Waals surface area (Å²) in [5.41, 5.74) is 1.70. The number of hydrogen-bond acceptors (Lipinski definition) is 3. The Morgan fingerprint density at radius 1 is 1.50 bits per heavy atom. The lowest BCUT2D eigenvalue weighted by molar-refractivity contribution is -0.119. The van der Waals surface area contributed by atoms with Gasteiger partial charge in [0.15, 0.2) is 5.78 Å². The molecule has 0 aliphatic heterocycles. The topological polar surface area (TPSA) is 50.1 Å². The van der Waals surface area contributed by atoms with Crippen LogP contribution in [0.5, 0.6) is 5.75 Å². The number of rotatable bonds is 6. The average molecular weight is 245 g/mol. The second-order valence-electron chi connectivity index (χ2n) is 4.38. The first-order valence-electron chi connectivity index (χ1n) is 6.20. The van der Waals surface area contributed by atoms with Crippen molar-refractivity contribution < 1.29 is 9.53 Å². The van der Waals surface area contributed by atoms with Gasteiger partial charge in [-0.2, -0.15) is 5.26 Å². The van der Waals surface area contributed by atoms with Gasteiger partial charge in [-0.05, 0) is 19.4 Å². The molecule has 3 nitrogen and oxygen atoms in total. The minimum absolute atomic E-state index is 0.0248. The van der Waals surface area contributed by atoms with E-state index in [1.807, 2.05) is 32.0 Å². The maximum absolute atomic E-state index is 12.0. The van der Waals surface area contributed by atoms with Crippen LogP contribution in [-0.4, -0.2) is 12.9 Å². The van der Waals surface area contributed by atoms with Crippen LogP contribution in [-0.2, 0) is 4.79 Å². The monoisotopic (exact) mass is 245 g/mol. The zero-order valence-corrected chi connectivity index (χ0v) is 11.2. The fourth-order valence-electron chi connectivity index (χ4n) is 1.89. The van der Waals surface area contributed by atoms with Gasteiger partial charge in [0, 0.05) is 12.0 Å². The van der Waals surface area contributed by atoms with Gasteiger partial charge in [-0.3, -0.25) is 4.79 Å². The Morgan fingerprint density at radius 2 is 2.22 bits per heavy atom. The molecule has 0 saturated heterocycles. The van der Waals surface area contributed by atoms with Crippen molar-refractivity contribution in [2.75, 3.05) is 7.11 Å². The van der Waals surface area contributed by atoms with Crippen LogP contribution in [0.15, 0.2) is 18.2 Å². The first kappa shape index (κ1) is 14.2. The summed E-state index contributed by atoms with van der Waals surface area (Å²) < 4.78 is 5.23. The molecule has 96 valence electrons. The molecule has 0 radical (unpaired) electrons. The lowest BCUT2D eigenvalue weighted by atomic mass is 9.91.